The van der Waals surface area contributed by atoms with Crippen LogP contribution in [0.25, 0.3) is 16.9 Å². The van der Waals surface area contributed by atoms with E-state index < -0.39 is 0 Å². The highest BCUT2D eigenvalue weighted by Crippen LogP contribution is 2.26. The van der Waals surface area contributed by atoms with Crippen molar-refractivity contribution in [3.8, 4) is 17.0 Å². The van der Waals surface area contributed by atoms with E-state index in [0.29, 0.717) is 6.42 Å². The van der Waals surface area contributed by atoms with Crippen LogP contribution < -0.4 is 4.74 Å². The van der Waals surface area contributed by atoms with Gasteiger partial charge in [0.2, 0.25) is 0 Å². The van der Waals surface area contributed by atoms with Crippen LogP contribution in [0, 0.1) is 0 Å². The molecule has 25 heavy (non-hydrogen) atoms. The number of fused-ring (bicyclic) bond motifs is 2. The van der Waals surface area contributed by atoms with Gasteiger partial charge >= 0.3 is 0 Å². The summed E-state index contributed by atoms with van der Waals surface area (Å²) in [5.41, 5.74) is 5.09. The lowest BCUT2D eigenvalue weighted by Crippen LogP contribution is -2.01. The Morgan fingerprint density at radius 1 is 1.00 bits per heavy atom. The number of hydrogen-bond acceptors (Lipinski definition) is 5. The summed E-state index contributed by atoms with van der Waals surface area (Å²) in [5.74, 6) is 1.82. The van der Waals surface area contributed by atoms with Gasteiger partial charge in [0.05, 0.1) is 12.3 Å². The van der Waals surface area contributed by atoms with Crippen LogP contribution in [0.15, 0.2) is 54.9 Å². The third-order valence-electron chi connectivity index (χ3n) is 4.42. The average molecular weight is 329 g/mol. The number of pyridine rings is 1. The van der Waals surface area contributed by atoms with Crippen molar-refractivity contribution in [2.45, 2.75) is 12.8 Å². The number of benzene rings is 1. The van der Waals surface area contributed by atoms with Gasteiger partial charge in [0.15, 0.2) is 11.5 Å². The normalized spacial score (nSPS) is 13.0. The zero-order valence-corrected chi connectivity index (χ0v) is 13.5. The van der Waals surface area contributed by atoms with Gasteiger partial charge in [-0.3, -0.25) is 4.98 Å². The molecule has 0 fully saturated rings. The summed E-state index contributed by atoms with van der Waals surface area (Å²) >= 11 is 0. The minimum Gasteiger partial charge on any atom is -0.493 e. The van der Waals surface area contributed by atoms with E-state index in [4.69, 9.17) is 9.84 Å². The molecule has 122 valence electrons. The Balaban J connectivity index is 1.53. The molecule has 6 heteroatoms. The molecule has 4 heterocycles. The van der Waals surface area contributed by atoms with E-state index in [0.717, 1.165) is 41.5 Å². The van der Waals surface area contributed by atoms with Gasteiger partial charge in [-0.05, 0) is 41.5 Å². The van der Waals surface area contributed by atoms with E-state index in [1.54, 1.807) is 12.4 Å². The molecule has 4 aromatic rings. The molecule has 1 aliphatic rings. The maximum Gasteiger partial charge on any atom is 0.177 e. The fraction of sp³-hybridized carbons (Fsp3) is 0.158. The van der Waals surface area contributed by atoms with Gasteiger partial charge in [-0.25, -0.2) is 0 Å². The zero-order chi connectivity index (χ0) is 16.6. The van der Waals surface area contributed by atoms with Gasteiger partial charge in [0, 0.05) is 30.8 Å². The second-order valence-corrected chi connectivity index (χ2v) is 6.06. The molecule has 6 nitrogen and oxygen atoms in total. The lowest BCUT2D eigenvalue weighted by Gasteiger charge is -2.05. The smallest absolute Gasteiger partial charge is 0.177 e. The Labute approximate surface area is 144 Å². The van der Waals surface area contributed by atoms with Crippen LogP contribution in [0.3, 0.4) is 0 Å². The highest BCUT2D eigenvalue weighted by Gasteiger charge is 2.14. The quantitative estimate of drug-likeness (QED) is 0.578. The Morgan fingerprint density at radius 2 is 1.92 bits per heavy atom. The number of ether oxygens (including phenoxy) is 1. The van der Waals surface area contributed by atoms with Crippen LogP contribution in [0.4, 0.5) is 0 Å². The predicted molar refractivity (Wildman–Crippen MR) is 92.5 cm³/mol. The highest BCUT2D eigenvalue weighted by molar-refractivity contribution is 5.59. The summed E-state index contributed by atoms with van der Waals surface area (Å²) < 4.78 is 7.39. The largest absolute Gasteiger partial charge is 0.493 e. The molecule has 0 bridgehead atoms. The van der Waals surface area contributed by atoms with Crippen LogP contribution in [-0.4, -0.2) is 31.4 Å². The summed E-state index contributed by atoms with van der Waals surface area (Å²) in [7, 11) is 0. The molecule has 0 saturated heterocycles. The lowest BCUT2D eigenvalue weighted by atomic mass is 10.1. The topological polar surface area (TPSA) is 65.2 Å². The fourth-order valence-electron chi connectivity index (χ4n) is 3.15. The molecular weight excluding hydrogens is 314 g/mol. The predicted octanol–water partition coefficient (Wildman–Crippen LogP) is 2.71. The maximum atomic E-state index is 5.57. The van der Waals surface area contributed by atoms with Gasteiger partial charge in [-0.1, -0.05) is 12.1 Å². The van der Waals surface area contributed by atoms with Crippen molar-refractivity contribution in [3.63, 3.8) is 0 Å². The standard InChI is InChI=1S/C19H15N5O/c1-3-17-15(7-10-25-17)11-13(1)12-19-22-21-18-4-2-16(23-24(18)19)14-5-8-20-9-6-14/h1-6,8-9,11H,7,10,12H2. The second-order valence-electron chi connectivity index (χ2n) is 6.06. The van der Waals surface area contributed by atoms with Crippen molar-refractivity contribution >= 4 is 5.65 Å². The van der Waals surface area contributed by atoms with Crippen molar-refractivity contribution in [1.29, 1.82) is 0 Å². The SMILES string of the molecule is c1cc(-c2ccc3nnc(Cc4ccc5c(c4)CCO5)n3n2)ccn1. The van der Waals surface area contributed by atoms with Gasteiger partial charge in [-0.2, -0.15) is 9.61 Å². The first-order valence-corrected chi connectivity index (χ1v) is 8.23. The molecule has 1 aliphatic heterocycles. The Hall–Kier alpha value is -3.28. The number of aromatic nitrogens is 5. The van der Waals surface area contributed by atoms with Gasteiger partial charge in [-0.15, -0.1) is 10.2 Å². The van der Waals surface area contributed by atoms with Crippen LogP contribution in [0.5, 0.6) is 5.75 Å². The van der Waals surface area contributed by atoms with Crippen molar-refractivity contribution in [2.24, 2.45) is 0 Å². The molecular formula is C19H15N5O. The van der Waals surface area contributed by atoms with Crippen LogP contribution >= 0.6 is 0 Å². The molecule has 0 amide bonds. The van der Waals surface area contributed by atoms with Crippen LogP contribution in [0.2, 0.25) is 0 Å². The van der Waals surface area contributed by atoms with Crippen molar-refractivity contribution < 1.29 is 4.74 Å². The van der Waals surface area contributed by atoms with E-state index in [1.165, 1.54) is 11.1 Å². The molecule has 0 saturated carbocycles. The Morgan fingerprint density at radius 3 is 2.84 bits per heavy atom. The lowest BCUT2D eigenvalue weighted by molar-refractivity contribution is 0.357. The van der Waals surface area contributed by atoms with Crippen molar-refractivity contribution in [1.82, 2.24) is 24.8 Å². The van der Waals surface area contributed by atoms with Crippen LogP contribution in [0.1, 0.15) is 17.0 Å². The first-order chi connectivity index (χ1) is 12.4. The van der Waals surface area contributed by atoms with Crippen molar-refractivity contribution in [3.05, 3.63) is 71.8 Å². The minimum atomic E-state index is 0.682. The number of rotatable bonds is 3. The Kier molecular flexibility index (Phi) is 3.19. The molecule has 0 atom stereocenters. The third kappa shape index (κ3) is 2.52. The number of nitrogens with zero attached hydrogens (tertiary/aromatic N) is 5. The Bertz CT molecular complexity index is 1060. The van der Waals surface area contributed by atoms with E-state index >= 15 is 0 Å². The summed E-state index contributed by atoms with van der Waals surface area (Å²) in [6, 6.07) is 14.1. The van der Waals surface area contributed by atoms with Gasteiger partial charge in [0.1, 0.15) is 5.75 Å². The summed E-state index contributed by atoms with van der Waals surface area (Å²) in [4.78, 5) is 4.06. The molecule has 0 unspecified atom stereocenters. The van der Waals surface area contributed by atoms with Crippen molar-refractivity contribution in [2.75, 3.05) is 6.61 Å². The summed E-state index contributed by atoms with van der Waals surface area (Å²) in [6.45, 7) is 0.767. The maximum absolute atomic E-state index is 5.57. The van der Waals surface area contributed by atoms with E-state index in [2.05, 4.69) is 27.3 Å². The molecule has 3 aromatic heterocycles. The summed E-state index contributed by atoms with van der Waals surface area (Å²) in [5, 5.41) is 13.3. The average Bonchev–Trinajstić information content (AvgIpc) is 3.29. The molecule has 1 aromatic carbocycles. The fourth-order valence-corrected chi connectivity index (χ4v) is 3.15. The molecule has 0 aliphatic carbocycles. The van der Waals surface area contributed by atoms with Gasteiger partial charge in [0.25, 0.3) is 0 Å². The number of hydrogen-bond donors (Lipinski definition) is 0. The van der Waals surface area contributed by atoms with E-state index in [1.807, 2.05) is 34.8 Å². The molecule has 0 radical (unpaired) electrons. The van der Waals surface area contributed by atoms with E-state index in [9.17, 15) is 0 Å². The first kappa shape index (κ1) is 14.1. The second kappa shape index (κ2) is 5.66. The molecule has 0 spiro atoms. The van der Waals surface area contributed by atoms with Crippen LogP contribution in [-0.2, 0) is 12.8 Å². The van der Waals surface area contributed by atoms with Gasteiger partial charge < -0.3 is 4.74 Å². The van der Waals surface area contributed by atoms with E-state index in [-0.39, 0.29) is 0 Å². The summed E-state index contributed by atoms with van der Waals surface area (Å²) in [6.07, 6.45) is 5.18. The molecule has 5 rings (SSSR count). The molecule has 0 N–H and O–H groups in total. The monoisotopic (exact) mass is 329 g/mol. The minimum absolute atomic E-state index is 0.682. The highest BCUT2D eigenvalue weighted by atomic mass is 16.5. The third-order valence-corrected chi connectivity index (χ3v) is 4.42. The first-order valence-electron chi connectivity index (χ1n) is 8.23. The zero-order valence-electron chi connectivity index (χ0n) is 13.5.